The molecule has 0 saturated carbocycles. The van der Waals surface area contributed by atoms with Gasteiger partial charge in [-0.1, -0.05) is 0 Å². The van der Waals surface area contributed by atoms with Crippen LogP contribution in [-0.2, 0) is 0 Å². The van der Waals surface area contributed by atoms with Crippen molar-refractivity contribution in [3.8, 4) is 0 Å². The Morgan fingerprint density at radius 3 is 2.36 bits per heavy atom. The summed E-state index contributed by atoms with van der Waals surface area (Å²) in [7, 11) is 0. The normalized spacial score (nSPS) is 10.9. The maximum absolute atomic E-state index is 9.22. The average Bonchev–Trinajstić information content (AvgIpc) is 1.78. The second kappa shape index (κ2) is 6.85. The third kappa shape index (κ3) is 13.2. The Morgan fingerprint density at radius 1 is 1.45 bits per heavy atom. The van der Waals surface area contributed by atoms with Gasteiger partial charge in [-0.25, -0.2) is 0 Å². The van der Waals surface area contributed by atoms with Crippen LogP contribution in [0.5, 0.6) is 0 Å². The van der Waals surface area contributed by atoms with Crippen molar-refractivity contribution >= 4 is 12.4 Å². The zero-order chi connectivity index (χ0) is 8.04. The molecule has 0 aliphatic carbocycles. The molecule has 3 nitrogen and oxygen atoms in total. The molecule has 4 N–H and O–H groups in total. The van der Waals surface area contributed by atoms with Crippen molar-refractivity contribution in [2.75, 3.05) is 19.6 Å². The molecular weight excluding hydrogens is 164 g/mol. The number of rotatable bonds is 5. The fourth-order valence-corrected chi connectivity index (χ4v) is 0.621. The predicted molar refractivity (Wildman–Crippen MR) is 50.1 cm³/mol. The number of hydrogen-bond donors (Lipinski definition) is 3. The van der Waals surface area contributed by atoms with Crippen LogP contribution in [0.3, 0.4) is 0 Å². The van der Waals surface area contributed by atoms with Gasteiger partial charge in [0.1, 0.15) is 0 Å². The highest BCUT2D eigenvalue weighted by Crippen LogP contribution is 1.96. The topological polar surface area (TPSA) is 58.3 Å². The number of aliphatic hydroxyl groups is 1. The van der Waals surface area contributed by atoms with Crippen molar-refractivity contribution in [2.24, 2.45) is 5.73 Å². The highest BCUT2D eigenvalue weighted by molar-refractivity contribution is 5.85. The van der Waals surface area contributed by atoms with Crippen LogP contribution in [0.1, 0.15) is 20.3 Å². The van der Waals surface area contributed by atoms with Gasteiger partial charge >= 0.3 is 0 Å². The molecule has 0 aromatic carbocycles. The van der Waals surface area contributed by atoms with E-state index in [-0.39, 0.29) is 12.4 Å². The maximum Gasteiger partial charge on any atom is 0.0715 e. The number of nitrogens with two attached hydrogens (primary N) is 1. The van der Waals surface area contributed by atoms with Crippen LogP contribution >= 0.6 is 12.4 Å². The van der Waals surface area contributed by atoms with E-state index in [1.54, 1.807) is 13.8 Å². The van der Waals surface area contributed by atoms with Crippen LogP contribution < -0.4 is 11.1 Å². The van der Waals surface area contributed by atoms with Crippen molar-refractivity contribution in [2.45, 2.75) is 25.9 Å². The largest absolute Gasteiger partial charge is 0.389 e. The lowest BCUT2D eigenvalue weighted by atomic mass is 10.1. The first-order valence-electron chi connectivity index (χ1n) is 3.69. The molecule has 0 atom stereocenters. The first-order chi connectivity index (χ1) is 4.56. The fourth-order valence-electron chi connectivity index (χ4n) is 0.621. The molecule has 0 aromatic rings. The molecule has 0 fully saturated rings. The van der Waals surface area contributed by atoms with Gasteiger partial charge in [0.15, 0.2) is 0 Å². The van der Waals surface area contributed by atoms with Gasteiger partial charge in [-0.05, 0) is 33.4 Å². The maximum atomic E-state index is 9.22. The smallest absolute Gasteiger partial charge is 0.0715 e. The monoisotopic (exact) mass is 182 g/mol. The molecular formula is C7H19ClN2O. The van der Waals surface area contributed by atoms with E-state index >= 15 is 0 Å². The Kier molecular flexibility index (Phi) is 8.56. The molecule has 0 aliphatic heterocycles. The fraction of sp³-hybridized carbons (Fsp3) is 1.00. The van der Waals surface area contributed by atoms with Gasteiger partial charge in [0.05, 0.1) is 5.60 Å². The van der Waals surface area contributed by atoms with Gasteiger partial charge in [-0.2, -0.15) is 0 Å². The predicted octanol–water partition coefficient (Wildman–Crippen LogP) is 0.117. The van der Waals surface area contributed by atoms with Crippen LogP contribution in [-0.4, -0.2) is 30.3 Å². The molecule has 0 rings (SSSR count). The van der Waals surface area contributed by atoms with Crippen molar-refractivity contribution < 1.29 is 5.11 Å². The zero-order valence-corrected chi connectivity index (χ0v) is 8.08. The van der Waals surface area contributed by atoms with E-state index in [2.05, 4.69) is 5.32 Å². The van der Waals surface area contributed by atoms with Gasteiger partial charge in [0.2, 0.25) is 0 Å². The Morgan fingerprint density at radius 2 is 2.00 bits per heavy atom. The first-order valence-corrected chi connectivity index (χ1v) is 3.69. The van der Waals surface area contributed by atoms with Crippen molar-refractivity contribution in [1.82, 2.24) is 5.32 Å². The summed E-state index contributed by atoms with van der Waals surface area (Å²) in [5, 5.41) is 12.3. The molecule has 0 bridgehead atoms. The number of halogens is 1. The summed E-state index contributed by atoms with van der Waals surface area (Å²) in [6.45, 7) is 5.79. The Bertz CT molecular complexity index is 83.0. The molecule has 0 aliphatic rings. The average molecular weight is 183 g/mol. The van der Waals surface area contributed by atoms with E-state index in [1.807, 2.05) is 0 Å². The second-order valence-electron chi connectivity index (χ2n) is 3.13. The highest BCUT2D eigenvalue weighted by Gasteiger charge is 2.09. The molecule has 0 saturated heterocycles. The molecule has 0 amide bonds. The highest BCUT2D eigenvalue weighted by atomic mass is 35.5. The number of nitrogens with one attached hydrogen (secondary N) is 1. The molecule has 0 aromatic heterocycles. The molecule has 0 spiro atoms. The van der Waals surface area contributed by atoms with Crippen LogP contribution in [0.2, 0.25) is 0 Å². The van der Waals surface area contributed by atoms with Gasteiger partial charge in [0, 0.05) is 6.54 Å². The lowest BCUT2D eigenvalue weighted by molar-refractivity contribution is 0.0800. The summed E-state index contributed by atoms with van der Waals surface area (Å²) in [4.78, 5) is 0. The molecule has 0 heterocycles. The van der Waals surface area contributed by atoms with E-state index in [4.69, 9.17) is 5.73 Å². The van der Waals surface area contributed by atoms with E-state index in [1.165, 1.54) is 0 Å². The summed E-state index contributed by atoms with van der Waals surface area (Å²) in [6, 6.07) is 0. The Hall–Kier alpha value is 0.170. The van der Waals surface area contributed by atoms with E-state index in [0.717, 1.165) is 13.0 Å². The third-order valence-electron chi connectivity index (χ3n) is 1.12. The minimum Gasteiger partial charge on any atom is -0.389 e. The molecule has 70 valence electrons. The van der Waals surface area contributed by atoms with Crippen molar-refractivity contribution in [3.63, 3.8) is 0 Å². The van der Waals surface area contributed by atoms with Crippen molar-refractivity contribution in [3.05, 3.63) is 0 Å². The lowest BCUT2D eigenvalue weighted by Gasteiger charge is -2.17. The SMILES string of the molecule is CC(C)(O)CNCCCN.Cl. The Balaban J connectivity index is 0. The van der Waals surface area contributed by atoms with Crippen LogP contribution in [0.15, 0.2) is 0 Å². The van der Waals surface area contributed by atoms with Crippen LogP contribution in [0, 0.1) is 0 Å². The standard InChI is InChI=1S/C7H18N2O.ClH/c1-7(2,10)6-9-5-3-4-8;/h9-10H,3-6,8H2,1-2H3;1H. The third-order valence-corrected chi connectivity index (χ3v) is 1.12. The first kappa shape index (κ1) is 13.7. The number of hydrogen-bond acceptors (Lipinski definition) is 3. The van der Waals surface area contributed by atoms with Crippen molar-refractivity contribution in [1.29, 1.82) is 0 Å². The van der Waals surface area contributed by atoms with E-state index in [9.17, 15) is 5.11 Å². The summed E-state index contributed by atoms with van der Waals surface area (Å²) in [5.41, 5.74) is 4.67. The van der Waals surface area contributed by atoms with Gasteiger partial charge in [-0.3, -0.25) is 0 Å². The zero-order valence-electron chi connectivity index (χ0n) is 7.26. The molecule has 11 heavy (non-hydrogen) atoms. The van der Waals surface area contributed by atoms with Crippen LogP contribution in [0.25, 0.3) is 0 Å². The lowest BCUT2D eigenvalue weighted by Crippen LogP contribution is -2.35. The minimum absolute atomic E-state index is 0. The molecule has 0 radical (unpaired) electrons. The summed E-state index contributed by atoms with van der Waals surface area (Å²) < 4.78 is 0. The molecule has 0 unspecified atom stereocenters. The minimum atomic E-state index is -0.603. The van der Waals surface area contributed by atoms with Crippen LogP contribution in [0.4, 0.5) is 0 Å². The second-order valence-corrected chi connectivity index (χ2v) is 3.13. The summed E-state index contributed by atoms with van der Waals surface area (Å²) >= 11 is 0. The quantitative estimate of drug-likeness (QED) is 0.530. The van der Waals surface area contributed by atoms with Gasteiger partial charge < -0.3 is 16.2 Å². The van der Waals surface area contributed by atoms with Gasteiger partial charge in [-0.15, -0.1) is 12.4 Å². The van der Waals surface area contributed by atoms with E-state index in [0.29, 0.717) is 13.1 Å². The summed E-state index contributed by atoms with van der Waals surface area (Å²) in [5.74, 6) is 0. The molecule has 4 heteroatoms. The Labute approximate surface area is 74.8 Å². The van der Waals surface area contributed by atoms with Gasteiger partial charge in [0.25, 0.3) is 0 Å². The van der Waals surface area contributed by atoms with E-state index < -0.39 is 5.60 Å². The summed E-state index contributed by atoms with van der Waals surface area (Å²) in [6.07, 6.45) is 0.968.